The summed E-state index contributed by atoms with van der Waals surface area (Å²) in [4.78, 5) is 27.3. The molecule has 2 aliphatic heterocycles. The first-order valence-electron chi connectivity index (χ1n) is 8.88. The quantitative estimate of drug-likeness (QED) is 0.627. The monoisotopic (exact) mass is 384 g/mol. The smallest absolute Gasteiger partial charge is 0.320 e. The summed E-state index contributed by atoms with van der Waals surface area (Å²) in [5.41, 5.74) is 9.44. The van der Waals surface area contributed by atoms with Crippen molar-refractivity contribution in [3.05, 3.63) is 51.7 Å². The molecule has 0 unspecified atom stereocenters. The van der Waals surface area contributed by atoms with Crippen molar-refractivity contribution < 1.29 is 9.59 Å². The molecule has 2 N–H and O–H groups in total. The Morgan fingerprint density at radius 2 is 1.74 bits per heavy atom. The number of rotatable bonds is 2. The number of carbonyl (C=O) groups excluding carboxylic acids is 2. The molecule has 0 bridgehead atoms. The van der Waals surface area contributed by atoms with Gasteiger partial charge in [-0.2, -0.15) is 5.26 Å². The van der Waals surface area contributed by atoms with Crippen LogP contribution in [0.25, 0.3) is 5.57 Å². The lowest BCUT2D eigenvalue weighted by molar-refractivity contribution is -0.105. The summed E-state index contributed by atoms with van der Waals surface area (Å²) >= 11 is 5.92. The van der Waals surface area contributed by atoms with E-state index >= 15 is 0 Å². The molecule has 0 saturated carbocycles. The highest BCUT2D eigenvalue weighted by Gasteiger charge is 2.28. The molecule has 2 aliphatic rings. The number of urea groups is 1. The molecule has 0 aliphatic carbocycles. The maximum Gasteiger partial charge on any atom is 0.320 e. The maximum atomic E-state index is 12.8. The van der Waals surface area contributed by atoms with Gasteiger partial charge in [-0.05, 0) is 36.1 Å². The highest BCUT2D eigenvalue weighted by atomic mass is 35.5. The lowest BCUT2D eigenvalue weighted by Gasteiger charge is -2.36. The Kier molecular flexibility index (Phi) is 5.82. The van der Waals surface area contributed by atoms with E-state index in [0.29, 0.717) is 60.8 Å². The number of benzene rings is 1. The standard InChI is InChI=1S/C20H21ClN4O2/c21-17-3-1-14(2-4-17)18(11-22)15-5-8-24(9-6-15)20(27)25-10-7-19(23)16(12-25)13-26/h1-4,13H,5-10,12,23H2. The van der Waals surface area contributed by atoms with E-state index in [4.69, 9.17) is 17.3 Å². The summed E-state index contributed by atoms with van der Waals surface area (Å²) in [6.45, 7) is 1.90. The molecule has 2 heterocycles. The van der Waals surface area contributed by atoms with E-state index < -0.39 is 0 Å². The summed E-state index contributed by atoms with van der Waals surface area (Å²) in [6, 6.07) is 9.45. The van der Waals surface area contributed by atoms with Gasteiger partial charge in [-0.3, -0.25) is 4.79 Å². The molecule has 1 aromatic rings. The Morgan fingerprint density at radius 1 is 1.11 bits per heavy atom. The Balaban J connectivity index is 1.68. The number of carbonyl (C=O) groups is 2. The highest BCUT2D eigenvalue weighted by Crippen LogP contribution is 2.28. The lowest BCUT2D eigenvalue weighted by atomic mass is 9.94. The molecular weight excluding hydrogens is 364 g/mol. The zero-order valence-electron chi connectivity index (χ0n) is 14.9. The van der Waals surface area contributed by atoms with Crippen LogP contribution >= 0.6 is 11.6 Å². The highest BCUT2D eigenvalue weighted by molar-refractivity contribution is 6.30. The predicted octanol–water partition coefficient (Wildman–Crippen LogP) is 2.95. The molecule has 7 heteroatoms. The lowest BCUT2D eigenvalue weighted by Crippen LogP contribution is -2.48. The second-order valence-electron chi connectivity index (χ2n) is 6.71. The largest absolute Gasteiger partial charge is 0.402 e. The van der Waals surface area contributed by atoms with Crippen LogP contribution in [0.2, 0.25) is 5.02 Å². The van der Waals surface area contributed by atoms with E-state index in [1.165, 1.54) is 0 Å². The number of halogens is 1. The number of aldehydes is 1. The Hall–Kier alpha value is -2.78. The van der Waals surface area contributed by atoms with E-state index in [0.717, 1.165) is 17.4 Å². The van der Waals surface area contributed by atoms with Gasteiger partial charge < -0.3 is 15.5 Å². The Morgan fingerprint density at radius 3 is 2.33 bits per heavy atom. The fourth-order valence-electron chi connectivity index (χ4n) is 3.46. The van der Waals surface area contributed by atoms with Gasteiger partial charge in [0, 0.05) is 42.3 Å². The summed E-state index contributed by atoms with van der Waals surface area (Å²) in [7, 11) is 0. The van der Waals surface area contributed by atoms with Crippen molar-refractivity contribution >= 4 is 29.5 Å². The van der Waals surface area contributed by atoms with Crippen LogP contribution in [-0.4, -0.2) is 48.3 Å². The van der Waals surface area contributed by atoms with Gasteiger partial charge in [0.1, 0.15) is 6.29 Å². The Labute approximate surface area is 163 Å². The molecule has 27 heavy (non-hydrogen) atoms. The number of nitriles is 1. The predicted molar refractivity (Wildman–Crippen MR) is 104 cm³/mol. The maximum absolute atomic E-state index is 12.8. The van der Waals surface area contributed by atoms with Crippen LogP contribution in [0.1, 0.15) is 24.8 Å². The van der Waals surface area contributed by atoms with Crippen LogP contribution in [0.15, 0.2) is 41.1 Å². The molecule has 6 nitrogen and oxygen atoms in total. The van der Waals surface area contributed by atoms with Crippen molar-refractivity contribution in [1.82, 2.24) is 9.80 Å². The summed E-state index contributed by atoms with van der Waals surface area (Å²) in [6.07, 6.45) is 2.57. The van der Waals surface area contributed by atoms with Crippen molar-refractivity contribution in [1.29, 1.82) is 5.26 Å². The molecule has 2 amide bonds. The van der Waals surface area contributed by atoms with Gasteiger partial charge in [-0.1, -0.05) is 23.7 Å². The van der Waals surface area contributed by atoms with Crippen LogP contribution in [0.3, 0.4) is 0 Å². The second kappa shape index (κ2) is 8.28. The van der Waals surface area contributed by atoms with Crippen LogP contribution in [0.5, 0.6) is 0 Å². The third-order valence-corrected chi connectivity index (χ3v) is 5.33. The Bertz CT molecular complexity index is 842. The average Bonchev–Trinajstić information content (AvgIpc) is 2.70. The third kappa shape index (κ3) is 4.15. The second-order valence-corrected chi connectivity index (χ2v) is 7.14. The normalized spacial score (nSPS) is 17.6. The number of piperidine rings is 1. The van der Waals surface area contributed by atoms with Crippen molar-refractivity contribution in [3.63, 3.8) is 0 Å². The molecule has 0 aromatic heterocycles. The van der Waals surface area contributed by atoms with Crippen molar-refractivity contribution in [2.75, 3.05) is 26.2 Å². The molecule has 1 fully saturated rings. The van der Waals surface area contributed by atoms with Crippen LogP contribution in [-0.2, 0) is 4.79 Å². The van der Waals surface area contributed by atoms with Crippen molar-refractivity contribution in [2.24, 2.45) is 5.73 Å². The van der Waals surface area contributed by atoms with E-state index in [2.05, 4.69) is 6.07 Å². The zero-order valence-corrected chi connectivity index (χ0v) is 15.7. The summed E-state index contributed by atoms with van der Waals surface area (Å²) < 4.78 is 0. The number of nitrogens with two attached hydrogens (primary N) is 1. The van der Waals surface area contributed by atoms with Gasteiger partial charge >= 0.3 is 6.03 Å². The third-order valence-electron chi connectivity index (χ3n) is 5.07. The van der Waals surface area contributed by atoms with Crippen LogP contribution < -0.4 is 5.73 Å². The molecule has 3 rings (SSSR count). The van der Waals surface area contributed by atoms with Gasteiger partial charge in [0.25, 0.3) is 0 Å². The number of likely N-dealkylation sites (tertiary alicyclic amines) is 1. The van der Waals surface area contributed by atoms with E-state index in [9.17, 15) is 14.9 Å². The SMILES string of the molecule is N#CC(=C1CCN(C(=O)N2CCC(N)=C(C=O)C2)CC1)c1ccc(Cl)cc1. The first kappa shape index (κ1) is 19.0. The first-order valence-corrected chi connectivity index (χ1v) is 9.26. The topological polar surface area (TPSA) is 90.4 Å². The number of amides is 2. The average molecular weight is 385 g/mol. The van der Waals surface area contributed by atoms with E-state index in [-0.39, 0.29) is 12.6 Å². The number of hydrogen-bond donors (Lipinski definition) is 1. The van der Waals surface area contributed by atoms with Crippen molar-refractivity contribution in [3.8, 4) is 6.07 Å². The minimum Gasteiger partial charge on any atom is -0.402 e. The van der Waals surface area contributed by atoms with Gasteiger partial charge in [0.05, 0.1) is 18.2 Å². The van der Waals surface area contributed by atoms with Gasteiger partial charge in [-0.15, -0.1) is 0 Å². The van der Waals surface area contributed by atoms with Crippen LogP contribution in [0.4, 0.5) is 4.79 Å². The molecule has 0 spiro atoms. The number of hydrogen-bond acceptors (Lipinski definition) is 4. The zero-order chi connectivity index (χ0) is 19.4. The fourth-order valence-corrected chi connectivity index (χ4v) is 3.59. The number of nitrogens with zero attached hydrogens (tertiary/aromatic N) is 3. The minimum atomic E-state index is -0.0779. The fraction of sp³-hybridized carbons (Fsp3) is 0.350. The van der Waals surface area contributed by atoms with Gasteiger partial charge in [0.2, 0.25) is 0 Å². The number of allylic oxidation sites excluding steroid dienone is 1. The molecule has 0 atom stereocenters. The van der Waals surface area contributed by atoms with Gasteiger partial charge in [0.15, 0.2) is 0 Å². The molecule has 1 saturated heterocycles. The first-order chi connectivity index (χ1) is 13.0. The van der Waals surface area contributed by atoms with Gasteiger partial charge in [-0.25, -0.2) is 4.79 Å². The van der Waals surface area contributed by atoms with Crippen LogP contribution in [0, 0.1) is 11.3 Å². The molecule has 0 radical (unpaired) electrons. The molecule has 140 valence electrons. The molecule has 1 aromatic carbocycles. The van der Waals surface area contributed by atoms with Crippen molar-refractivity contribution in [2.45, 2.75) is 19.3 Å². The van der Waals surface area contributed by atoms with E-state index in [1.807, 2.05) is 12.1 Å². The summed E-state index contributed by atoms with van der Waals surface area (Å²) in [5, 5.41) is 10.2. The minimum absolute atomic E-state index is 0.0779. The molecular formula is C20H21ClN4O2. The summed E-state index contributed by atoms with van der Waals surface area (Å²) in [5.74, 6) is 0. The van der Waals surface area contributed by atoms with E-state index in [1.54, 1.807) is 21.9 Å².